The van der Waals surface area contributed by atoms with E-state index in [0.29, 0.717) is 5.69 Å². The number of aliphatic imine (C=N–C) groups is 2. The van der Waals surface area contributed by atoms with Crippen molar-refractivity contribution in [3.05, 3.63) is 30.3 Å². The molecule has 0 aromatic heterocycles. The summed E-state index contributed by atoms with van der Waals surface area (Å²) in [4.78, 5) is 31.8. The summed E-state index contributed by atoms with van der Waals surface area (Å²) in [6.45, 7) is -0.388. The molecule has 20 heavy (non-hydrogen) atoms. The molecule has 100 valence electrons. The van der Waals surface area contributed by atoms with Gasteiger partial charge < -0.3 is 4.74 Å². The van der Waals surface area contributed by atoms with Crippen molar-refractivity contribution in [1.82, 2.24) is 4.90 Å². The van der Waals surface area contributed by atoms with E-state index in [1.54, 1.807) is 24.3 Å². The van der Waals surface area contributed by atoms with Crippen LogP contribution in [0.2, 0.25) is 0 Å². The maximum atomic E-state index is 12.0. The van der Waals surface area contributed by atoms with Crippen LogP contribution in [0.3, 0.4) is 0 Å². The molecular weight excluding hydrogens is 262 g/mol. The Hall–Kier alpha value is -3.17. The summed E-state index contributed by atoms with van der Waals surface area (Å²) in [6, 6.07) is 8.46. The van der Waals surface area contributed by atoms with E-state index in [4.69, 9.17) is 5.26 Å². The highest BCUT2D eigenvalue weighted by Crippen LogP contribution is 2.25. The molecule has 1 heterocycles. The van der Waals surface area contributed by atoms with Crippen LogP contribution in [0, 0.1) is 11.5 Å². The van der Waals surface area contributed by atoms with E-state index < -0.39 is 0 Å². The SMILES string of the molecule is N#COCN1C(=O)N(c2ccccc2)C1=NCN=C=O. The smallest absolute Gasteiger partial charge is 0.341 e. The van der Waals surface area contributed by atoms with Gasteiger partial charge in [0.1, 0.15) is 6.67 Å². The summed E-state index contributed by atoms with van der Waals surface area (Å²) in [5, 5.41) is 8.37. The second-order valence-electron chi connectivity index (χ2n) is 3.60. The minimum atomic E-state index is -0.375. The number of para-hydroxylation sites is 1. The highest BCUT2D eigenvalue weighted by molar-refractivity contribution is 6.30. The minimum Gasteiger partial charge on any atom is -0.405 e. The first-order valence-electron chi connectivity index (χ1n) is 5.55. The molecule has 0 spiro atoms. The number of rotatable bonds is 5. The number of nitriles is 1. The van der Waals surface area contributed by atoms with Gasteiger partial charge in [0.25, 0.3) is 6.26 Å². The third kappa shape index (κ3) is 2.48. The normalized spacial score (nSPS) is 15.3. The molecule has 2 rings (SSSR count). The van der Waals surface area contributed by atoms with Crippen molar-refractivity contribution in [2.24, 2.45) is 9.98 Å². The molecule has 0 aliphatic carbocycles. The molecule has 2 amide bonds. The fourth-order valence-electron chi connectivity index (χ4n) is 1.66. The van der Waals surface area contributed by atoms with Gasteiger partial charge in [-0.25, -0.2) is 24.4 Å². The maximum absolute atomic E-state index is 12.0. The standard InChI is InChI=1S/C12H9N5O3/c13-6-20-9-16-11(15-7-14-8-18)17(12(16)19)10-4-2-1-3-5-10/h1-5H,7,9H2. The second-order valence-corrected chi connectivity index (χ2v) is 3.60. The summed E-state index contributed by atoms with van der Waals surface area (Å²) in [7, 11) is 0. The van der Waals surface area contributed by atoms with E-state index in [9.17, 15) is 9.59 Å². The molecule has 1 aromatic rings. The lowest BCUT2D eigenvalue weighted by Gasteiger charge is -2.41. The van der Waals surface area contributed by atoms with Gasteiger partial charge >= 0.3 is 6.03 Å². The van der Waals surface area contributed by atoms with Gasteiger partial charge in [-0.1, -0.05) is 18.2 Å². The highest BCUT2D eigenvalue weighted by Gasteiger charge is 2.42. The lowest BCUT2D eigenvalue weighted by molar-refractivity contribution is 0.149. The number of anilines is 1. The molecule has 0 atom stereocenters. The number of carbonyl (C=O) groups excluding carboxylic acids is 2. The number of hydrogen-bond acceptors (Lipinski definition) is 6. The van der Waals surface area contributed by atoms with Crippen LogP contribution in [0.25, 0.3) is 0 Å². The van der Waals surface area contributed by atoms with E-state index in [-0.39, 0.29) is 25.4 Å². The van der Waals surface area contributed by atoms with E-state index >= 15 is 0 Å². The van der Waals surface area contributed by atoms with Crippen LogP contribution in [-0.2, 0) is 9.53 Å². The molecule has 1 aliphatic heterocycles. The van der Waals surface area contributed by atoms with Gasteiger partial charge in [0, 0.05) is 0 Å². The molecule has 0 unspecified atom stereocenters. The van der Waals surface area contributed by atoms with Crippen LogP contribution in [0.1, 0.15) is 0 Å². The fourth-order valence-corrected chi connectivity index (χ4v) is 1.66. The first kappa shape index (κ1) is 13.3. The van der Waals surface area contributed by atoms with Crippen LogP contribution >= 0.6 is 0 Å². The van der Waals surface area contributed by atoms with Crippen molar-refractivity contribution in [2.45, 2.75) is 0 Å². The quantitative estimate of drug-likeness (QED) is 0.453. The molecule has 0 radical (unpaired) electrons. The number of amides is 2. The first-order chi connectivity index (χ1) is 9.79. The van der Waals surface area contributed by atoms with E-state index in [0.717, 1.165) is 4.90 Å². The monoisotopic (exact) mass is 271 g/mol. The van der Waals surface area contributed by atoms with Crippen LogP contribution < -0.4 is 4.90 Å². The van der Waals surface area contributed by atoms with Gasteiger partial charge in [-0.15, -0.1) is 0 Å². The summed E-state index contributed by atoms with van der Waals surface area (Å²) >= 11 is 0. The zero-order valence-electron chi connectivity index (χ0n) is 10.3. The molecule has 1 aromatic carbocycles. The fraction of sp³-hybridized carbons (Fsp3) is 0.167. The van der Waals surface area contributed by atoms with Crippen LogP contribution in [0.5, 0.6) is 0 Å². The molecule has 1 fully saturated rings. The van der Waals surface area contributed by atoms with Gasteiger partial charge in [0.2, 0.25) is 12.0 Å². The lowest BCUT2D eigenvalue weighted by atomic mass is 10.2. The van der Waals surface area contributed by atoms with Crippen LogP contribution in [0.4, 0.5) is 10.5 Å². The third-order valence-electron chi connectivity index (χ3n) is 2.48. The number of nitrogens with zero attached hydrogens (tertiary/aromatic N) is 5. The molecule has 8 heteroatoms. The number of ether oxygens (including phenoxy) is 1. The Morgan fingerprint density at radius 3 is 2.70 bits per heavy atom. The number of hydrogen-bond donors (Lipinski definition) is 0. The molecule has 0 bridgehead atoms. The molecule has 0 saturated carbocycles. The Balaban J connectivity index is 2.23. The summed E-state index contributed by atoms with van der Waals surface area (Å²) < 4.78 is 4.52. The van der Waals surface area contributed by atoms with Gasteiger partial charge in [-0.2, -0.15) is 10.3 Å². The molecule has 8 nitrogen and oxygen atoms in total. The molecule has 1 saturated heterocycles. The Morgan fingerprint density at radius 1 is 1.30 bits per heavy atom. The number of carbonyl (C=O) groups is 1. The van der Waals surface area contributed by atoms with Crippen molar-refractivity contribution >= 4 is 23.8 Å². The second kappa shape index (κ2) is 6.13. The van der Waals surface area contributed by atoms with Crippen molar-refractivity contribution in [2.75, 3.05) is 18.3 Å². The number of isocyanates is 1. The van der Waals surface area contributed by atoms with E-state index in [1.165, 1.54) is 17.2 Å². The van der Waals surface area contributed by atoms with Crippen molar-refractivity contribution in [3.8, 4) is 6.26 Å². The largest absolute Gasteiger partial charge is 0.405 e. The Bertz CT molecular complexity index is 616. The topological polar surface area (TPSA) is 98.4 Å². The molecular formula is C12H9N5O3. The average molecular weight is 271 g/mol. The summed E-state index contributed by atoms with van der Waals surface area (Å²) in [5.41, 5.74) is 0.625. The van der Waals surface area contributed by atoms with Crippen molar-refractivity contribution < 1.29 is 14.3 Å². The van der Waals surface area contributed by atoms with Gasteiger partial charge in [-0.3, -0.25) is 0 Å². The highest BCUT2D eigenvalue weighted by atomic mass is 16.5. The number of guanidine groups is 1. The first-order valence-corrected chi connectivity index (χ1v) is 5.55. The average Bonchev–Trinajstić information content (AvgIpc) is 2.48. The van der Waals surface area contributed by atoms with Crippen LogP contribution in [-0.4, -0.2) is 36.4 Å². The lowest BCUT2D eigenvalue weighted by Crippen LogP contribution is -2.65. The van der Waals surface area contributed by atoms with Gasteiger partial charge in [0.15, 0.2) is 6.73 Å². The zero-order valence-corrected chi connectivity index (χ0v) is 10.3. The van der Waals surface area contributed by atoms with Crippen LogP contribution in [0.15, 0.2) is 40.3 Å². The Labute approximate surface area is 114 Å². The number of urea groups is 1. The molecule has 1 aliphatic rings. The molecule has 0 N–H and O–H groups in total. The maximum Gasteiger partial charge on any atom is 0.341 e. The van der Waals surface area contributed by atoms with Crippen molar-refractivity contribution in [1.29, 1.82) is 5.26 Å². The Morgan fingerprint density at radius 2 is 2.05 bits per heavy atom. The van der Waals surface area contributed by atoms with Crippen molar-refractivity contribution in [3.63, 3.8) is 0 Å². The summed E-state index contributed by atoms with van der Waals surface area (Å²) in [6.07, 6.45) is 2.83. The van der Waals surface area contributed by atoms with E-state index in [2.05, 4.69) is 14.7 Å². The minimum absolute atomic E-state index is 0.154. The van der Waals surface area contributed by atoms with Gasteiger partial charge in [-0.05, 0) is 12.1 Å². The Kier molecular flexibility index (Phi) is 4.07. The summed E-state index contributed by atoms with van der Waals surface area (Å²) in [5.74, 6) is 0.260. The number of benzene rings is 1. The van der Waals surface area contributed by atoms with Gasteiger partial charge in [0.05, 0.1) is 5.69 Å². The predicted molar refractivity (Wildman–Crippen MR) is 68.1 cm³/mol. The predicted octanol–water partition coefficient (Wildman–Crippen LogP) is 1.03. The third-order valence-corrected chi connectivity index (χ3v) is 2.48. The zero-order chi connectivity index (χ0) is 14.4. The van der Waals surface area contributed by atoms with E-state index in [1.807, 2.05) is 6.07 Å².